The lowest BCUT2D eigenvalue weighted by atomic mass is 10.1. The quantitative estimate of drug-likeness (QED) is 0.741. The standard InChI is InChI=1S/C20H19F3N2O3S/c1-3-13-4-8-16(9-5-13)29(28)12-19(2,27)18(26)25-15-7-6-14(11-24)17(10-15)20(21,22)23/h4-10,27H,3,12H2,1-2H3,(H,25,26). The van der Waals surface area contributed by atoms with Gasteiger partial charge in [0.25, 0.3) is 5.91 Å². The van der Waals surface area contributed by atoms with E-state index in [-0.39, 0.29) is 5.69 Å². The molecular weight excluding hydrogens is 405 g/mol. The highest BCUT2D eigenvalue weighted by Crippen LogP contribution is 2.33. The average Bonchev–Trinajstić information content (AvgIpc) is 2.66. The van der Waals surface area contributed by atoms with E-state index < -0.39 is 45.4 Å². The Kier molecular flexibility index (Phi) is 6.82. The van der Waals surface area contributed by atoms with Crippen molar-refractivity contribution in [2.75, 3.05) is 11.1 Å². The molecule has 2 aromatic rings. The van der Waals surface area contributed by atoms with Crippen LogP contribution in [0.4, 0.5) is 18.9 Å². The predicted octanol–water partition coefficient (Wildman–Crippen LogP) is 3.64. The monoisotopic (exact) mass is 424 g/mol. The summed E-state index contributed by atoms with van der Waals surface area (Å²) in [4.78, 5) is 12.8. The minimum atomic E-state index is -4.78. The maximum absolute atomic E-state index is 13.0. The van der Waals surface area contributed by atoms with Gasteiger partial charge in [-0.2, -0.15) is 18.4 Å². The highest BCUT2D eigenvalue weighted by Gasteiger charge is 2.36. The fourth-order valence-electron chi connectivity index (χ4n) is 2.50. The summed E-state index contributed by atoms with van der Waals surface area (Å²) < 4.78 is 51.6. The summed E-state index contributed by atoms with van der Waals surface area (Å²) in [7, 11) is -1.70. The van der Waals surface area contributed by atoms with Crippen molar-refractivity contribution < 1.29 is 27.3 Å². The Balaban J connectivity index is 2.16. The smallest absolute Gasteiger partial charge is 0.379 e. The van der Waals surface area contributed by atoms with Crippen LogP contribution in [0.5, 0.6) is 0 Å². The molecule has 2 N–H and O–H groups in total. The van der Waals surface area contributed by atoms with Crippen molar-refractivity contribution in [3.8, 4) is 6.07 Å². The number of alkyl halides is 3. The fourth-order valence-corrected chi connectivity index (χ4v) is 3.75. The average molecular weight is 424 g/mol. The number of nitrogens with zero attached hydrogens (tertiary/aromatic N) is 1. The lowest BCUT2D eigenvalue weighted by Gasteiger charge is -2.22. The van der Waals surface area contributed by atoms with Crippen molar-refractivity contribution >= 4 is 22.4 Å². The number of carbonyl (C=O) groups is 1. The first-order valence-electron chi connectivity index (χ1n) is 8.60. The second kappa shape index (κ2) is 8.76. The number of hydrogen-bond donors (Lipinski definition) is 2. The Morgan fingerprint density at radius 3 is 2.34 bits per heavy atom. The van der Waals surface area contributed by atoms with Crippen LogP contribution in [-0.4, -0.2) is 26.6 Å². The van der Waals surface area contributed by atoms with Crippen molar-refractivity contribution in [2.24, 2.45) is 0 Å². The van der Waals surface area contributed by atoms with E-state index in [2.05, 4.69) is 5.32 Å². The zero-order valence-electron chi connectivity index (χ0n) is 15.7. The summed E-state index contributed by atoms with van der Waals surface area (Å²) in [6.07, 6.45) is -3.97. The molecule has 2 rings (SSSR count). The number of anilines is 1. The van der Waals surface area contributed by atoms with Gasteiger partial charge in [0.05, 0.1) is 33.7 Å². The second-order valence-corrected chi connectivity index (χ2v) is 8.04. The van der Waals surface area contributed by atoms with E-state index in [4.69, 9.17) is 5.26 Å². The van der Waals surface area contributed by atoms with Gasteiger partial charge in [0, 0.05) is 10.6 Å². The van der Waals surface area contributed by atoms with Crippen molar-refractivity contribution in [1.82, 2.24) is 0 Å². The third-order valence-corrected chi connectivity index (χ3v) is 5.82. The van der Waals surface area contributed by atoms with Crippen LogP contribution in [0, 0.1) is 11.3 Å². The van der Waals surface area contributed by atoms with Crippen LogP contribution in [0.2, 0.25) is 0 Å². The maximum atomic E-state index is 13.0. The van der Waals surface area contributed by atoms with Gasteiger partial charge in [-0.05, 0) is 49.2 Å². The zero-order chi connectivity index (χ0) is 21.8. The van der Waals surface area contributed by atoms with E-state index in [0.717, 1.165) is 31.0 Å². The highest BCUT2D eigenvalue weighted by molar-refractivity contribution is 7.85. The van der Waals surface area contributed by atoms with Crippen LogP contribution >= 0.6 is 0 Å². The van der Waals surface area contributed by atoms with Crippen LogP contribution in [0.15, 0.2) is 47.4 Å². The molecule has 0 aliphatic heterocycles. The molecular formula is C20H19F3N2O3S. The first-order chi connectivity index (χ1) is 13.5. The maximum Gasteiger partial charge on any atom is 0.417 e. The number of nitriles is 1. The van der Waals surface area contributed by atoms with Gasteiger partial charge in [0.15, 0.2) is 5.60 Å². The molecule has 2 aromatic carbocycles. The van der Waals surface area contributed by atoms with Gasteiger partial charge in [-0.25, -0.2) is 0 Å². The Hall–Kier alpha value is -2.70. The molecule has 0 spiro atoms. The minimum absolute atomic E-state index is 0.236. The Morgan fingerprint density at radius 2 is 1.83 bits per heavy atom. The molecule has 0 aliphatic rings. The summed E-state index contributed by atoms with van der Waals surface area (Å²) in [5, 5.41) is 21.4. The Bertz CT molecular complexity index is 964. The van der Waals surface area contributed by atoms with E-state index in [0.29, 0.717) is 11.0 Å². The second-order valence-electron chi connectivity index (χ2n) is 6.59. The fraction of sp³-hybridized carbons (Fsp3) is 0.300. The van der Waals surface area contributed by atoms with Crippen LogP contribution < -0.4 is 5.32 Å². The molecule has 0 aromatic heterocycles. The Labute approximate surface area is 168 Å². The molecule has 0 aliphatic carbocycles. The number of halogens is 3. The van der Waals surface area contributed by atoms with Gasteiger partial charge in [0.1, 0.15) is 0 Å². The van der Waals surface area contributed by atoms with Crippen LogP contribution in [0.1, 0.15) is 30.5 Å². The number of amides is 1. The number of nitrogens with one attached hydrogen (secondary N) is 1. The summed E-state index contributed by atoms with van der Waals surface area (Å²) in [6.45, 7) is 3.10. The summed E-state index contributed by atoms with van der Waals surface area (Å²) in [5.74, 6) is -1.44. The molecule has 0 radical (unpaired) electrons. The third kappa shape index (κ3) is 5.65. The largest absolute Gasteiger partial charge is 0.417 e. The van der Waals surface area contributed by atoms with Crippen molar-refractivity contribution in [3.63, 3.8) is 0 Å². The van der Waals surface area contributed by atoms with Gasteiger partial charge >= 0.3 is 6.18 Å². The third-order valence-electron chi connectivity index (χ3n) is 4.20. The normalized spacial score (nSPS) is 14.5. The van der Waals surface area contributed by atoms with Gasteiger partial charge in [-0.15, -0.1) is 0 Å². The first-order valence-corrected chi connectivity index (χ1v) is 9.92. The lowest BCUT2D eigenvalue weighted by Crippen LogP contribution is -2.44. The summed E-state index contributed by atoms with van der Waals surface area (Å²) >= 11 is 0. The van der Waals surface area contributed by atoms with Gasteiger partial charge < -0.3 is 10.4 Å². The molecule has 9 heteroatoms. The zero-order valence-corrected chi connectivity index (χ0v) is 16.5. The number of rotatable bonds is 6. The summed E-state index contributed by atoms with van der Waals surface area (Å²) in [5.41, 5.74) is -3.08. The van der Waals surface area contributed by atoms with Gasteiger partial charge in [-0.1, -0.05) is 19.1 Å². The van der Waals surface area contributed by atoms with E-state index in [1.165, 1.54) is 6.07 Å². The molecule has 29 heavy (non-hydrogen) atoms. The Morgan fingerprint density at radius 1 is 1.21 bits per heavy atom. The molecule has 2 atom stereocenters. The van der Waals surface area contributed by atoms with Gasteiger partial charge in [-0.3, -0.25) is 9.00 Å². The van der Waals surface area contributed by atoms with E-state index in [9.17, 15) is 27.3 Å². The first kappa shape index (κ1) is 22.6. The molecule has 0 saturated heterocycles. The number of aryl methyl sites for hydroxylation is 1. The van der Waals surface area contributed by atoms with Crippen molar-refractivity contribution in [3.05, 3.63) is 59.2 Å². The van der Waals surface area contributed by atoms with Gasteiger partial charge in [0.2, 0.25) is 0 Å². The molecule has 0 heterocycles. The molecule has 154 valence electrons. The van der Waals surface area contributed by atoms with Crippen LogP contribution in [-0.2, 0) is 28.2 Å². The van der Waals surface area contributed by atoms with Crippen LogP contribution in [0.25, 0.3) is 0 Å². The van der Waals surface area contributed by atoms with E-state index in [1.54, 1.807) is 24.3 Å². The molecule has 5 nitrogen and oxygen atoms in total. The highest BCUT2D eigenvalue weighted by atomic mass is 32.2. The molecule has 1 amide bonds. The molecule has 0 bridgehead atoms. The van der Waals surface area contributed by atoms with E-state index in [1.807, 2.05) is 6.92 Å². The SMILES string of the molecule is CCc1ccc(S(=O)CC(C)(O)C(=O)Nc2ccc(C#N)c(C(F)(F)F)c2)cc1. The van der Waals surface area contributed by atoms with Crippen LogP contribution in [0.3, 0.4) is 0 Å². The topological polar surface area (TPSA) is 90.2 Å². The minimum Gasteiger partial charge on any atom is -0.379 e. The van der Waals surface area contributed by atoms with Crippen molar-refractivity contribution in [2.45, 2.75) is 36.9 Å². The number of aliphatic hydroxyl groups is 1. The number of benzene rings is 2. The molecule has 2 unspecified atom stereocenters. The number of carbonyl (C=O) groups excluding carboxylic acids is 1. The predicted molar refractivity (Wildman–Crippen MR) is 103 cm³/mol. The molecule has 0 fully saturated rings. The summed E-state index contributed by atoms with van der Waals surface area (Å²) in [6, 6.07) is 11.0. The van der Waals surface area contributed by atoms with Crippen molar-refractivity contribution in [1.29, 1.82) is 5.26 Å². The molecule has 0 saturated carbocycles. The number of hydrogen-bond acceptors (Lipinski definition) is 4. The lowest BCUT2D eigenvalue weighted by molar-refractivity contribution is -0.137. The van der Waals surface area contributed by atoms with E-state index >= 15 is 0 Å².